The summed E-state index contributed by atoms with van der Waals surface area (Å²) < 4.78 is 0. The minimum absolute atomic E-state index is 0.160. The Morgan fingerprint density at radius 2 is 0.676 bits per heavy atom. The molecule has 0 radical (unpaired) electrons. The van der Waals surface area contributed by atoms with Crippen molar-refractivity contribution in [2.24, 2.45) is 0 Å². The lowest BCUT2D eigenvalue weighted by Crippen LogP contribution is -2.51. The van der Waals surface area contributed by atoms with Gasteiger partial charge in [0, 0.05) is 0 Å². The number of urea groups is 2. The van der Waals surface area contributed by atoms with Gasteiger partial charge in [0.15, 0.2) is 0 Å². The van der Waals surface area contributed by atoms with Gasteiger partial charge in [-0.3, -0.25) is 40.4 Å². The van der Waals surface area contributed by atoms with E-state index in [2.05, 4.69) is 0 Å². The lowest BCUT2D eigenvalue weighted by atomic mass is 10.0. The van der Waals surface area contributed by atoms with E-state index in [1.165, 1.54) is 12.2 Å². The average molecular weight is 456 g/mol. The minimum Gasteiger partial charge on any atom is -0.273 e. The second-order valence-corrected chi connectivity index (χ2v) is 7.26. The van der Waals surface area contributed by atoms with Crippen LogP contribution in [-0.4, -0.2) is 35.7 Å². The van der Waals surface area contributed by atoms with Gasteiger partial charge in [0.1, 0.15) is 11.1 Å². The summed E-state index contributed by atoms with van der Waals surface area (Å²) in [4.78, 5) is 69.4. The predicted octanol–water partition coefficient (Wildman–Crippen LogP) is 1.36. The molecule has 0 aromatic heterocycles. The smallest absolute Gasteiger partial charge is 0.273 e. The molecule has 4 rings (SSSR count). The Morgan fingerprint density at radius 3 is 0.971 bits per heavy atom. The lowest BCUT2D eigenvalue weighted by Gasteiger charge is -2.13. The van der Waals surface area contributed by atoms with Crippen LogP contribution in [0.15, 0.2) is 59.7 Å². The number of rotatable bonds is 4. The van der Waals surface area contributed by atoms with Crippen molar-refractivity contribution in [1.82, 2.24) is 21.3 Å². The van der Waals surface area contributed by atoms with Crippen LogP contribution < -0.4 is 21.3 Å². The minimum atomic E-state index is -0.848. The zero-order chi connectivity index (χ0) is 24.2. The van der Waals surface area contributed by atoms with Gasteiger partial charge in [-0.05, 0) is 34.4 Å². The number of benzene rings is 2. The summed E-state index contributed by atoms with van der Waals surface area (Å²) in [7, 11) is 0. The molecule has 0 unspecified atom stereocenters. The van der Waals surface area contributed by atoms with Crippen LogP contribution in [0.3, 0.4) is 0 Å². The maximum atomic E-state index is 11.8. The number of hydrogen-bond acceptors (Lipinski definition) is 6. The molecule has 10 nitrogen and oxygen atoms in total. The number of amides is 8. The van der Waals surface area contributed by atoms with E-state index in [9.17, 15) is 28.8 Å². The van der Waals surface area contributed by atoms with E-state index in [0.717, 1.165) is 11.1 Å². The Labute approximate surface area is 192 Å². The summed E-state index contributed by atoms with van der Waals surface area (Å²) in [5, 5.41) is 8.07. The second kappa shape index (κ2) is 9.17. The third kappa shape index (κ3) is 5.02. The molecule has 2 aliphatic rings. The van der Waals surface area contributed by atoms with Gasteiger partial charge in [-0.15, -0.1) is 0 Å². The first-order valence-corrected chi connectivity index (χ1v) is 9.93. The van der Waals surface area contributed by atoms with Gasteiger partial charge in [0.05, 0.1) is 0 Å². The van der Waals surface area contributed by atoms with E-state index in [1.54, 1.807) is 48.5 Å². The van der Waals surface area contributed by atoms with E-state index in [-0.39, 0.29) is 11.1 Å². The highest BCUT2D eigenvalue weighted by Crippen LogP contribution is 2.15. The van der Waals surface area contributed by atoms with Crippen LogP contribution in [0.4, 0.5) is 9.59 Å². The lowest BCUT2D eigenvalue weighted by molar-refractivity contribution is -0.125. The zero-order valence-corrected chi connectivity index (χ0v) is 17.4. The molecule has 2 aliphatic heterocycles. The first-order valence-electron chi connectivity index (χ1n) is 9.93. The molecule has 0 spiro atoms. The average Bonchev–Trinajstić information content (AvgIpc) is 2.79. The molecule has 0 atom stereocenters. The number of nitrogens with one attached hydrogen (secondary N) is 4. The van der Waals surface area contributed by atoms with Crippen molar-refractivity contribution in [3.05, 3.63) is 81.9 Å². The van der Waals surface area contributed by atoms with Crippen molar-refractivity contribution in [1.29, 1.82) is 0 Å². The Kier molecular flexibility index (Phi) is 5.95. The van der Waals surface area contributed by atoms with Crippen molar-refractivity contribution < 1.29 is 28.8 Å². The molecule has 4 N–H and O–H groups in total. The van der Waals surface area contributed by atoms with Crippen LogP contribution >= 0.6 is 0 Å². The monoisotopic (exact) mass is 456 g/mol. The summed E-state index contributed by atoms with van der Waals surface area (Å²) >= 11 is 0. The molecule has 2 heterocycles. The quantitative estimate of drug-likeness (QED) is 0.310. The molecule has 168 valence electrons. The summed E-state index contributed by atoms with van der Waals surface area (Å²) in [6.07, 6.45) is 6.49. The first kappa shape index (κ1) is 22.1. The highest BCUT2D eigenvalue weighted by Gasteiger charge is 2.28. The zero-order valence-electron chi connectivity index (χ0n) is 17.4. The summed E-state index contributed by atoms with van der Waals surface area (Å²) in [6, 6.07) is 12.4. The molecule has 34 heavy (non-hydrogen) atoms. The normalized spacial score (nSPS) is 16.1. The fourth-order valence-electron chi connectivity index (χ4n) is 3.15. The molecule has 2 fully saturated rings. The van der Waals surface area contributed by atoms with Gasteiger partial charge >= 0.3 is 12.1 Å². The van der Waals surface area contributed by atoms with Crippen LogP contribution in [0.5, 0.6) is 0 Å². The largest absolute Gasteiger partial charge is 0.328 e. The maximum absolute atomic E-state index is 11.8. The standard InChI is InChI=1S/C24H16N4O6/c29-19-17(20(30)26-23(33)25-19)11-15-7-3-13(4-8-15)1-2-14-5-9-16(10-6-14)12-18-21(31)27-24(34)28-22(18)32/h1-12H,(H2,25,26,29,30,33)(H2,27,28,31,32,34)/b2-1+. The van der Waals surface area contributed by atoms with Gasteiger partial charge in [-0.1, -0.05) is 60.7 Å². The maximum Gasteiger partial charge on any atom is 0.328 e. The number of barbiturate groups is 2. The van der Waals surface area contributed by atoms with Crippen molar-refractivity contribution in [2.75, 3.05) is 0 Å². The fraction of sp³-hybridized carbons (Fsp3) is 0. The molecule has 0 bridgehead atoms. The summed E-state index contributed by atoms with van der Waals surface area (Å²) in [5.74, 6) is -3.02. The number of imide groups is 4. The van der Waals surface area contributed by atoms with Crippen LogP contribution in [0.25, 0.3) is 24.3 Å². The van der Waals surface area contributed by atoms with Crippen molar-refractivity contribution >= 4 is 60.0 Å². The second-order valence-electron chi connectivity index (χ2n) is 7.26. The third-order valence-electron chi connectivity index (χ3n) is 4.85. The Hall–Kier alpha value is -5.12. The van der Waals surface area contributed by atoms with Gasteiger partial charge < -0.3 is 0 Å². The van der Waals surface area contributed by atoms with E-state index >= 15 is 0 Å². The van der Waals surface area contributed by atoms with Crippen LogP contribution in [0.2, 0.25) is 0 Å². The predicted molar refractivity (Wildman–Crippen MR) is 121 cm³/mol. The first-order chi connectivity index (χ1) is 16.3. The topological polar surface area (TPSA) is 151 Å². The van der Waals surface area contributed by atoms with E-state index in [4.69, 9.17) is 0 Å². The highest BCUT2D eigenvalue weighted by molar-refractivity contribution is 6.31. The van der Waals surface area contributed by atoms with Gasteiger partial charge in [0.25, 0.3) is 23.6 Å². The number of carbonyl (C=O) groups is 6. The molecule has 10 heteroatoms. The van der Waals surface area contributed by atoms with Crippen molar-refractivity contribution in [3.63, 3.8) is 0 Å². The Bertz CT molecular complexity index is 1190. The molecule has 2 aromatic rings. The summed E-state index contributed by atoms with van der Waals surface area (Å²) in [6.45, 7) is 0. The summed E-state index contributed by atoms with van der Waals surface area (Å²) in [5.41, 5.74) is 2.63. The highest BCUT2D eigenvalue weighted by atomic mass is 16.2. The van der Waals surface area contributed by atoms with Gasteiger partial charge in [-0.25, -0.2) is 9.59 Å². The molecule has 2 aromatic carbocycles. The van der Waals surface area contributed by atoms with E-state index < -0.39 is 35.7 Å². The molecule has 2 saturated heterocycles. The van der Waals surface area contributed by atoms with Crippen LogP contribution in [0, 0.1) is 0 Å². The molecule has 8 amide bonds. The van der Waals surface area contributed by atoms with Crippen LogP contribution in [0.1, 0.15) is 22.3 Å². The Balaban J connectivity index is 1.43. The Morgan fingerprint density at radius 1 is 0.412 bits per heavy atom. The van der Waals surface area contributed by atoms with E-state index in [0.29, 0.717) is 11.1 Å². The number of carbonyl (C=O) groups excluding carboxylic acids is 6. The van der Waals surface area contributed by atoms with Gasteiger partial charge in [0.2, 0.25) is 0 Å². The molecular formula is C24H16N4O6. The molecular weight excluding hydrogens is 440 g/mol. The fourth-order valence-corrected chi connectivity index (χ4v) is 3.15. The molecule has 0 saturated carbocycles. The third-order valence-corrected chi connectivity index (χ3v) is 4.85. The SMILES string of the molecule is O=C1NC(=O)C(=Cc2ccc(/C=C/c3ccc(C=C4C(=O)NC(=O)NC4=O)cc3)cc2)C(=O)N1. The van der Waals surface area contributed by atoms with Crippen molar-refractivity contribution in [3.8, 4) is 0 Å². The van der Waals surface area contributed by atoms with E-state index in [1.807, 2.05) is 33.4 Å². The number of hydrogen-bond donors (Lipinski definition) is 4. The van der Waals surface area contributed by atoms with Crippen LogP contribution in [-0.2, 0) is 19.2 Å². The molecule has 0 aliphatic carbocycles. The van der Waals surface area contributed by atoms with Gasteiger partial charge in [-0.2, -0.15) is 0 Å². The van der Waals surface area contributed by atoms with Crippen molar-refractivity contribution in [2.45, 2.75) is 0 Å².